The van der Waals surface area contributed by atoms with Gasteiger partial charge in [0.2, 0.25) is 0 Å². The van der Waals surface area contributed by atoms with Crippen molar-refractivity contribution in [1.82, 2.24) is 4.98 Å². The highest BCUT2D eigenvalue weighted by Gasteiger charge is 2.01. The molecular weight excluding hydrogens is 168 g/mol. The molecule has 5 heteroatoms. The number of hydrogen-bond acceptors (Lipinski definition) is 5. The third kappa shape index (κ3) is 2.89. The van der Waals surface area contributed by atoms with E-state index in [9.17, 15) is 0 Å². The summed E-state index contributed by atoms with van der Waals surface area (Å²) in [4.78, 5) is 10.5. The number of nitrogens with two attached hydrogens (primary N) is 2. The molecule has 4 N–H and O–H groups in total. The number of aromatic nitrogens is 1. The third-order valence-corrected chi connectivity index (χ3v) is 1.71. The third-order valence-electron chi connectivity index (χ3n) is 1.71. The summed E-state index contributed by atoms with van der Waals surface area (Å²) in [5.41, 5.74) is 6.30. The average Bonchev–Trinajstić information content (AvgIpc) is 2.14. The molecule has 0 aliphatic rings. The average molecular weight is 182 g/mol. The molecule has 0 amide bonds. The summed E-state index contributed by atoms with van der Waals surface area (Å²) in [6.07, 6.45) is 1.67. The molecule has 5 nitrogen and oxygen atoms in total. The van der Waals surface area contributed by atoms with E-state index >= 15 is 0 Å². The zero-order valence-corrected chi connectivity index (χ0v) is 7.60. The molecule has 1 rings (SSSR count). The molecule has 0 radical (unpaired) electrons. The molecule has 0 spiro atoms. The lowest BCUT2D eigenvalue weighted by Crippen LogP contribution is -2.24. The van der Waals surface area contributed by atoms with E-state index in [-0.39, 0.29) is 0 Å². The number of hydrogen-bond donors (Lipinski definition) is 2. The van der Waals surface area contributed by atoms with Crippen LogP contribution in [0.1, 0.15) is 0 Å². The van der Waals surface area contributed by atoms with Crippen LogP contribution < -0.4 is 16.5 Å². The minimum absolute atomic E-state index is 0.465. The second kappa shape index (κ2) is 4.64. The van der Waals surface area contributed by atoms with Crippen LogP contribution in [0.5, 0.6) is 0 Å². The van der Waals surface area contributed by atoms with E-state index in [1.165, 1.54) is 0 Å². The Balaban J connectivity index is 2.60. The fourth-order valence-corrected chi connectivity index (χ4v) is 0.947. The molecule has 0 fully saturated rings. The molecule has 0 unspecified atom stereocenters. The van der Waals surface area contributed by atoms with Gasteiger partial charge in [0, 0.05) is 31.5 Å². The molecule has 1 aromatic heterocycles. The van der Waals surface area contributed by atoms with Crippen molar-refractivity contribution < 1.29 is 4.84 Å². The first kappa shape index (κ1) is 9.76. The van der Waals surface area contributed by atoms with Crippen molar-refractivity contribution in [2.75, 3.05) is 30.8 Å². The quantitative estimate of drug-likeness (QED) is 0.640. The number of nitrogen functional groups attached to an aromatic ring is 1. The molecule has 72 valence electrons. The van der Waals surface area contributed by atoms with Gasteiger partial charge in [-0.05, 0) is 6.07 Å². The molecule has 0 bridgehead atoms. The molecule has 0 saturated carbocycles. The highest BCUT2D eigenvalue weighted by molar-refractivity contribution is 5.49. The summed E-state index contributed by atoms with van der Waals surface area (Å²) in [6, 6.07) is 3.55. The van der Waals surface area contributed by atoms with Crippen LogP contribution in [-0.2, 0) is 4.84 Å². The second-order valence-corrected chi connectivity index (χ2v) is 2.74. The minimum Gasteiger partial charge on any atom is -0.399 e. The highest BCUT2D eigenvalue weighted by Crippen LogP contribution is 2.11. The molecule has 1 aromatic rings. The first-order valence-electron chi connectivity index (χ1n) is 3.98. The normalized spacial score (nSPS) is 10.0. The van der Waals surface area contributed by atoms with E-state index < -0.39 is 0 Å². The molecule has 1 heterocycles. The summed E-state index contributed by atoms with van der Waals surface area (Å²) in [6.45, 7) is 1.15. The Labute approximate surface area is 77.3 Å². The van der Waals surface area contributed by atoms with Crippen molar-refractivity contribution in [3.63, 3.8) is 0 Å². The molecule has 0 aromatic carbocycles. The fourth-order valence-electron chi connectivity index (χ4n) is 0.947. The van der Waals surface area contributed by atoms with Crippen LogP contribution >= 0.6 is 0 Å². The minimum atomic E-state index is 0.465. The van der Waals surface area contributed by atoms with Crippen molar-refractivity contribution >= 4 is 11.5 Å². The number of likely N-dealkylation sites (N-methyl/N-ethyl adjacent to an activating group) is 1. The topological polar surface area (TPSA) is 77.4 Å². The Hall–Kier alpha value is -1.33. The Kier molecular flexibility index (Phi) is 3.48. The number of anilines is 2. The molecule has 13 heavy (non-hydrogen) atoms. The first-order valence-corrected chi connectivity index (χ1v) is 3.98. The van der Waals surface area contributed by atoms with Gasteiger partial charge in [-0.25, -0.2) is 10.9 Å². The molecule has 0 aliphatic heterocycles. The van der Waals surface area contributed by atoms with Gasteiger partial charge in [0.15, 0.2) is 0 Å². The Morgan fingerprint density at radius 3 is 3.00 bits per heavy atom. The zero-order chi connectivity index (χ0) is 9.68. The number of nitrogens with zero attached hydrogens (tertiary/aromatic N) is 2. The molecule has 0 aliphatic carbocycles. The standard InChI is InChI=1S/C8H14N4O/c1-12(4-5-13-10)8-6-7(9)2-3-11-8/h2-3,6H,4-5,10H2,1H3,(H2,9,11). The van der Waals surface area contributed by atoms with Gasteiger partial charge in [-0.1, -0.05) is 0 Å². The van der Waals surface area contributed by atoms with Crippen molar-refractivity contribution in [3.05, 3.63) is 18.3 Å². The van der Waals surface area contributed by atoms with Crippen molar-refractivity contribution in [2.45, 2.75) is 0 Å². The lowest BCUT2D eigenvalue weighted by Gasteiger charge is -2.17. The van der Waals surface area contributed by atoms with E-state index in [4.69, 9.17) is 11.6 Å². The molecule has 0 atom stereocenters. The summed E-state index contributed by atoms with van der Waals surface area (Å²) < 4.78 is 0. The number of rotatable bonds is 4. The Morgan fingerprint density at radius 1 is 1.62 bits per heavy atom. The monoisotopic (exact) mass is 182 g/mol. The van der Waals surface area contributed by atoms with Crippen LogP contribution in [0.4, 0.5) is 11.5 Å². The van der Waals surface area contributed by atoms with Crippen LogP contribution in [0.3, 0.4) is 0 Å². The second-order valence-electron chi connectivity index (χ2n) is 2.74. The van der Waals surface area contributed by atoms with Gasteiger partial charge in [-0.3, -0.25) is 0 Å². The summed E-state index contributed by atoms with van der Waals surface area (Å²) in [5, 5.41) is 0. The van der Waals surface area contributed by atoms with Gasteiger partial charge < -0.3 is 15.5 Å². The lowest BCUT2D eigenvalue weighted by atomic mass is 10.4. The maximum Gasteiger partial charge on any atom is 0.130 e. The van der Waals surface area contributed by atoms with E-state index in [1.807, 2.05) is 11.9 Å². The molecular formula is C8H14N4O. The summed E-state index contributed by atoms with van der Waals surface area (Å²) in [5.74, 6) is 5.73. The zero-order valence-electron chi connectivity index (χ0n) is 7.60. The maximum atomic E-state index is 5.60. The van der Waals surface area contributed by atoms with E-state index in [1.54, 1.807) is 18.3 Å². The van der Waals surface area contributed by atoms with Crippen molar-refractivity contribution in [2.24, 2.45) is 5.90 Å². The number of pyridine rings is 1. The predicted molar refractivity (Wildman–Crippen MR) is 52.1 cm³/mol. The summed E-state index contributed by atoms with van der Waals surface area (Å²) >= 11 is 0. The van der Waals surface area contributed by atoms with Gasteiger partial charge in [0.05, 0.1) is 6.61 Å². The summed E-state index contributed by atoms with van der Waals surface area (Å²) in [7, 11) is 1.90. The fraction of sp³-hybridized carbons (Fsp3) is 0.375. The van der Waals surface area contributed by atoms with Crippen LogP contribution in [0.15, 0.2) is 18.3 Å². The first-order chi connectivity index (χ1) is 6.24. The predicted octanol–water partition coefficient (Wildman–Crippen LogP) is -0.00970. The largest absolute Gasteiger partial charge is 0.399 e. The van der Waals surface area contributed by atoms with E-state index in [0.717, 1.165) is 5.82 Å². The van der Waals surface area contributed by atoms with Crippen LogP contribution in [0.2, 0.25) is 0 Å². The van der Waals surface area contributed by atoms with Gasteiger partial charge in [-0.2, -0.15) is 0 Å². The van der Waals surface area contributed by atoms with Gasteiger partial charge in [0.25, 0.3) is 0 Å². The van der Waals surface area contributed by atoms with Gasteiger partial charge >= 0.3 is 0 Å². The molecule has 0 saturated heterocycles. The van der Waals surface area contributed by atoms with Gasteiger partial charge in [-0.15, -0.1) is 0 Å². The van der Waals surface area contributed by atoms with E-state index in [0.29, 0.717) is 18.8 Å². The Bertz CT molecular complexity index is 266. The SMILES string of the molecule is CN(CCON)c1cc(N)ccn1. The van der Waals surface area contributed by atoms with E-state index in [2.05, 4.69) is 9.82 Å². The smallest absolute Gasteiger partial charge is 0.130 e. The van der Waals surface area contributed by atoms with Crippen molar-refractivity contribution in [1.29, 1.82) is 0 Å². The van der Waals surface area contributed by atoms with Crippen LogP contribution in [-0.4, -0.2) is 25.2 Å². The lowest BCUT2D eigenvalue weighted by molar-refractivity contribution is 0.145. The maximum absolute atomic E-state index is 5.60. The van der Waals surface area contributed by atoms with Crippen LogP contribution in [0, 0.1) is 0 Å². The van der Waals surface area contributed by atoms with Crippen molar-refractivity contribution in [3.8, 4) is 0 Å². The Morgan fingerprint density at radius 2 is 2.38 bits per heavy atom. The van der Waals surface area contributed by atoms with Gasteiger partial charge in [0.1, 0.15) is 5.82 Å². The highest BCUT2D eigenvalue weighted by atomic mass is 16.6. The van der Waals surface area contributed by atoms with Crippen LogP contribution in [0.25, 0.3) is 0 Å².